The number of rotatable bonds is 7. The Morgan fingerprint density at radius 1 is 1.53 bits per heavy atom. The number of nitrogens with one attached hydrogen (secondary N) is 1. The summed E-state index contributed by atoms with van der Waals surface area (Å²) < 4.78 is 30.5. The van der Waals surface area contributed by atoms with Gasteiger partial charge in [0, 0.05) is 13.2 Å². The molecule has 0 bridgehead atoms. The topological polar surface area (TPSA) is 113 Å². The van der Waals surface area contributed by atoms with Gasteiger partial charge in [-0.3, -0.25) is 4.79 Å². The lowest BCUT2D eigenvalue weighted by molar-refractivity contribution is -0.139. The van der Waals surface area contributed by atoms with Gasteiger partial charge < -0.3 is 14.9 Å². The summed E-state index contributed by atoms with van der Waals surface area (Å²) in [5.74, 6) is -1.53. The van der Waals surface area contributed by atoms with Gasteiger partial charge in [0.05, 0.1) is 11.9 Å². The van der Waals surface area contributed by atoms with Gasteiger partial charge in [-0.1, -0.05) is 0 Å². The van der Waals surface area contributed by atoms with E-state index in [1.54, 1.807) is 0 Å². The van der Waals surface area contributed by atoms with E-state index in [1.165, 1.54) is 0 Å². The molecule has 0 aromatic heterocycles. The number of hydrogen-bond donors (Lipinski definition) is 3. The second kappa shape index (κ2) is 6.29. The Labute approximate surface area is 99.8 Å². The molecule has 2 atom stereocenters. The van der Waals surface area contributed by atoms with Gasteiger partial charge in [-0.15, -0.1) is 0 Å². The number of aliphatic hydroxyl groups excluding tert-OH is 1. The van der Waals surface area contributed by atoms with Crippen molar-refractivity contribution in [2.45, 2.75) is 31.4 Å². The maximum Gasteiger partial charge on any atom is 0.321 e. The molecule has 0 aromatic rings. The molecular formula is C9H17NO6S. The summed E-state index contributed by atoms with van der Waals surface area (Å²) in [4.78, 5) is 10.7. The molecule has 100 valence electrons. The van der Waals surface area contributed by atoms with Gasteiger partial charge in [-0.2, -0.15) is 0 Å². The number of aliphatic carboxylic acids is 1. The number of carbonyl (C=O) groups is 1. The fourth-order valence-electron chi connectivity index (χ4n) is 1.65. The molecule has 1 rings (SSSR count). The Morgan fingerprint density at radius 3 is 2.71 bits per heavy atom. The average molecular weight is 267 g/mol. The highest BCUT2D eigenvalue weighted by Crippen LogP contribution is 2.13. The van der Waals surface area contributed by atoms with E-state index in [9.17, 15) is 13.2 Å². The van der Waals surface area contributed by atoms with Crippen LogP contribution in [0.3, 0.4) is 0 Å². The van der Waals surface area contributed by atoms with Crippen LogP contribution in [0.4, 0.5) is 0 Å². The summed E-state index contributed by atoms with van der Waals surface area (Å²) in [5, 5.41) is 17.4. The van der Waals surface area contributed by atoms with Crippen LogP contribution in [0.15, 0.2) is 0 Å². The molecule has 1 fully saturated rings. The third-order valence-electron chi connectivity index (χ3n) is 2.47. The maximum absolute atomic E-state index is 11.6. The molecule has 7 nitrogen and oxygen atoms in total. The van der Waals surface area contributed by atoms with Gasteiger partial charge in [0.25, 0.3) is 0 Å². The molecule has 3 N–H and O–H groups in total. The molecule has 0 aliphatic carbocycles. The average Bonchev–Trinajstić information content (AvgIpc) is 2.68. The van der Waals surface area contributed by atoms with Gasteiger partial charge in [-0.25, -0.2) is 13.1 Å². The standard InChI is InChI=1S/C9H17NO6S/c11-4-3-8(9(12)13)10-17(14,15)6-7-2-1-5-16-7/h7-8,10-11H,1-6H2,(H,12,13). The Balaban J connectivity index is 2.53. The molecule has 0 amide bonds. The van der Waals surface area contributed by atoms with E-state index in [0.29, 0.717) is 13.0 Å². The monoisotopic (exact) mass is 267 g/mol. The molecule has 2 unspecified atom stereocenters. The first-order valence-electron chi connectivity index (χ1n) is 5.40. The number of carboxylic acids is 1. The fraction of sp³-hybridized carbons (Fsp3) is 0.889. The number of aliphatic hydroxyl groups is 1. The molecule has 0 aromatic carbocycles. The van der Waals surface area contributed by atoms with Crippen LogP contribution in [-0.4, -0.2) is 55.7 Å². The van der Waals surface area contributed by atoms with E-state index >= 15 is 0 Å². The number of sulfonamides is 1. The van der Waals surface area contributed by atoms with Crippen molar-refractivity contribution in [2.75, 3.05) is 19.0 Å². The lowest BCUT2D eigenvalue weighted by Gasteiger charge is -2.15. The van der Waals surface area contributed by atoms with E-state index in [0.717, 1.165) is 6.42 Å². The molecule has 0 saturated carbocycles. The van der Waals surface area contributed by atoms with Crippen LogP contribution in [0, 0.1) is 0 Å². The second-order valence-corrected chi connectivity index (χ2v) is 5.74. The van der Waals surface area contributed by atoms with E-state index in [4.69, 9.17) is 14.9 Å². The highest BCUT2D eigenvalue weighted by Gasteiger charge is 2.28. The lowest BCUT2D eigenvalue weighted by atomic mass is 10.2. The smallest absolute Gasteiger partial charge is 0.321 e. The minimum atomic E-state index is -3.70. The Kier molecular flexibility index (Phi) is 5.31. The van der Waals surface area contributed by atoms with Crippen molar-refractivity contribution in [2.24, 2.45) is 0 Å². The van der Waals surface area contributed by atoms with Crippen LogP contribution >= 0.6 is 0 Å². The van der Waals surface area contributed by atoms with Crippen molar-refractivity contribution in [3.05, 3.63) is 0 Å². The first-order valence-corrected chi connectivity index (χ1v) is 7.05. The van der Waals surface area contributed by atoms with Crippen LogP contribution in [0.5, 0.6) is 0 Å². The number of hydrogen-bond acceptors (Lipinski definition) is 5. The third kappa shape index (κ3) is 4.99. The summed E-state index contributed by atoms with van der Waals surface area (Å²) in [6, 6.07) is -1.29. The van der Waals surface area contributed by atoms with E-state index < -0.39 is 22.0 Å². The predicted octanol–water partition coefficient (Wildman–Crippen LogP) is -1.08. The van der Waals surface area contributed by atoms with E-state index in [2.05, 4.69) is 4.72 Å². The summed E-state index contributed by atoms with van der Waals surface area (Å²) in [7, 11) is -3.70. The lowest BCUT2D eigenvalue weighted by Crippen LogP contribution is -2.44. The quantitative estimate of drug-likeness (QED) is 0.541. The largest absolute Gasteiger partial charge is 0.480 e. The number of ether oxygens (including phenoxy) is 1. The summed E-state index contributed by atoms with van der Waals surface area (Å²) in [6.07, 6.45) is 0.967. The van der Waals surface area contributed by atoms with Crippen molar-refractivity contribution in [3.8, 4) is 0 Å². The maximum atomic E-state index is 11.6. The summed E-state index contributed by atoms with van der Waals surface area (Å²) >= 11 is 0. The molecule has 1 aliphatic rings. The van der Waals surface area contributed by atoms with E-state index in [1.807, 2.05) is 0 Å². The Hall–Kier alpha value is -0.700. The fourth-order valence-corrected chi connectivity index (χ4v) is 3.15. The molecule has 0 radical (unpaired) electrons. The first-order chi connectivity index (χ1) is 7.94. The minimum absolute atomic E-state index is 0.153. The van der Waals surface area contributed by atoms with Gasteiger partial charge in [0.2, 0.25) is 10.0 Å². The Bertz CT molecular complexity index is 348. The van der Waals surface area contributed by atoms with Crippen molar-refractivity contribution in [1.29, 1.82) is 0 Å². The summed E-state index contributed by atoms with van der Waals surface area (Å²) in [5.41, 5.74) is 0. The minimum Gasteiger partial charge on any atom is -0.480 e. The van der Waals surface area contributed by atoms with Gasteiger partial charge in [0.1, 0.15) is 6.04 Å². The number of carboxylic acid groups (broad SMARTS) is 1. The van der Waals surface area contributed by atoms with E-state index in [-0.39, 0.29) is 24.9 Å². The zero-order chi connectivity index (χ0) is 12.9. The van der Waals surface area contributed by atoms with Crippen LogP contribution < -0.4 is 4.72 Å². The van der Waals surface area contributed by atoms with Crippen molar-refractivity contribution < 1.29 is 28.2 Å². The molecule has 8 heteroatoms. The van der Waals surface area contributed by atoms with Crippen LogP contribution in [-0.2, 0) is 19.6 Å². The molecule has 1 aliphatic heterocycles. The zero-order valence-corrected chi connectivity index (χ0v) is 10.1. The van der Waals surface area contributed by atoms with Gasteiger partial charge in [-0.05, 0) is 19.3 Å². The Morgan fingerprint density at radius 2 is 2.24 bits per heavy atom. The highest BCUT2D eigenvalue weighted by molar-refractivity contribution is 7.89. The highest BCUT2D eigenvalue weighted by atomic mass is 32.2. The van der Waals surface area contributed by atoms with Gasteiger partial charge in [0.15, 0.2) is 0 Å². The first kappa shape index (κ1) is 14.4. The van der Waals surface area contributed by atoms with Gasteiger partial charge >= 0.3 is 5.97 Å². The third-order valence-corrected chi connectivity index (χ3v) is 3.92. The molecule has 1 saturated heterocycles. The van der Waals surface area contributed by atoms with Crippen LogP contribution in [0.2, 0.25) is 0 Å². The summed E-state index contributed by atoms with van der Waals surface area (Å²) in [6.45, 7) is 0.151. The van der Waals surface area contributed by atoms with Crippen LogP contribution in [0.25, 0.3) is 0 Å². The van der Waals surface area contributed by atoms with Crippen molar-refractivity contribution >= 4 is 16.0 Å². The zero-order valence-electron chi connectivity index (χ0n) is 9.33. The normalized spacial score (nSPS) is 22.5. The van der Waals surface area contributed by atoms with Crippen molar-refractivity contribution in [1.82, 2.24) is 4.72 Å². The second-order valence-electron chi connectivity index (χ2n) is 3.94. The molecular weight excluding hydrogens is 250 g/mol. The molecule has 1 heterocycles. The predicted molar refractivity (Wildman–Crippen MR) is 59.0 cm³/mol. The molecule has 0 spiro atoms. The van der Waals surface area contributed by atoms with Crippen molar-refractivity contribution in [3.63, 3.8) is 0 Å². The van der Waals surface area contributed by atoms with Crippen LogP contribution in [0.1, 0.15) is 19.3 Å². The SMILES string of the molecule is O=C(O)C(CCO)NS(=O)(=O)CC1CCCO1. The molecule has 17 heavy (non-hydrogen) atoms.